The van der Waals surface area contributed by atoms with Gasteiger partial charge in [-0.25, -0.2) is 0 Å². The molecule has 12 nitrogen and oxygen atoms in total. The first-order valence-electron chi connectivity index (χ1n) is 16.5. The van der Waals surface area contributed by atoms with E-state index in [0.29, 0.717) is 54.8 Å². The van der Waals surface area contributed by atoms with Crippen LogP contribution in [0.2, 0.25) is 0 Å². The monoisotopic (exact) mass is 746 g/mol. The smallest absolute Gasteiger partial charge is 0.237 e. The molecule has 51 heavy (non-hydrogen) atoms. The fourth-order valence-corrected chi connectivity index (χ4v) is 6.20. The predicted molar refractivity (Wildman–Crippen MR) is 194 cm³/mol. The highest BCUT2D eigenvalue weighted by Gasteiger charge is 2.24. The Hall–Kier alpha value is -5.53. The summed E-state index contributed by atoms with van der Waals surface area (Å²) in [4.78, 5) is 29.8. The van der Waals surface area contributed by atoms with Crippen molar-refractivity contribution in [2.75, 3.05) is 19.6 Å². The molecule has 8 rings (SSSR count). The van der Waals surface area contributed by atoms with Crippen LogP contribution in [0.1, 0.15) is 34.4 Å². The second-order valence-corrected chi connectivity index (χ2v) is 12.9. The van der Waals surface area contributed by atoms with E-state index in [1.807, 2.05) is 47.4 Å². The molecule has 0 spiro atoms. The highest BCUT2D eigenvalue weighted by molar-refractivity contribution is 9.08. The Morgan fingerprint density at radius 2 is 1.10 bits per heavy atom. The molecule has 0 atom stereocenters. The number of aromatic nitrogens is 6. The summed E-state index contributed by atoms with van der Waals surface area (Å²) < 4.78 is 15.1. The summed E-state index contributed by atoms with van der Waals surface area (Å²) in [5.74, 6) is 3.62. The fourth-order valence-electron chi connectivity index (χ4n) is 5.82. The summed E-state index contributed by atoms with van der Waals surface area (Å²) in [7, 11) is 0. The molecule has 258 valence electrons. The molecule has 1 fully saturated rings. The van der Waals surface area contributed by atoms with Crippen LogP contribution in [0.15, 0.2) is 98.5 Å². The summed E-state index contributed by atoms with van der Waals surface area (Å²) in [6.45, 7) is 8.57. The number of carbonyl (C=O) groups excluding carboxylic acids is 1. The number of rotatable bonds is 8. The first-order valence-corrected chi connectivity index (χ1v) is 17.6. The van der Waals surface area contributed by atoms with Crippen LogP contribution >= 0.6 is 15.9 Å². The quantitative estimate of drug-likeness (QED) is 0.144. The highest BCUT2D eigenvalue weighted by atomic mass is 79.9. The van der Waals surface area contributed by atoms with Gasteiger partial charge in [-0.3, -0.25) is 9.69 Å². The maximum absolute atomic E-state index is 13.0. The molecule has 0 N–H and O–H groups in total. The molecule has 1 amide bonds. The van der Waals surface area contributed by atoms with Gasteiger partial charge in [0, 0.05) is 69.0 Å². The van der Waals surface area contributed by atoms with Crippen molar-refractivity contribution in [3.8, 4) is 34.2 Å². The molecule has 1 aliphatic heterocycles. The Labute approximate surface area is 302 Å². The summed E-state index contributed by atoms with van der Waals surface area (Å²) in [5, 5.41) is 14.9. The average molecular weight is 748 g/mol. The normalized spacial score (nSPS) is 13.4. The van der Waals surface area contributed by atoms with Crippen LogP contribution in [0.3, 0.4) is 0 Å². The van der Waals surface area contributed by atoms with E-state index in [-0.39, 0.29) is 5.91 Å². The van der Waals surface area contributed by atoms with E-state index in [4.69, 9.17) is 13.6 Å². The van der Waals surface area contributed by atoms with Crippen LogP contribution in [-0.2, 0) is 23.2 Å². The minimum atomic E-state index is 0.140. The van der Waals surface area contributed by atoms with Gasteiger partial charge in [0.1, 0.15) is 0 Å². The van der Waals surface area contributed by atoms with Gasteiger partial charge < -0.3 is 18.5 Å². The SMILES string of the molecule is Cc1nc(-c2ccc(CBr)cc2)no1.Cc1nc(-c2ccc(CN3CCN(Cc4ccc5ccc(-c6noc(C)n6)cc5c4)C(=O)C3)cc2)no1. The maximum Gasteiger partial charge on any atom is 0.237 e. The van der Waals surface area contributed by atoms with E-state index < -0.39 is 0 Å². The van der Waals surface area contributed by atoms with Gasteiger partial charge in [0.05, 0.1) is 6.54 Å². The summed E-state index contributed by atoms with van der Waals surface area (Å²) in [5.41, 5.74) is 6.28. The van der Waals surface area contributed by atoms with Crippen molar-refractivity contribution in [1.82, 2.24) is 40.2 Å². The lowest BCUT2D eigenvalue weighted by Crippen LogP contribution is -2.49. The topological polar surface area (TPSA) is 140 Å². The van der Waals surface area contributed by atoms with Crippen molar-refractivity contribution in [2.24, 2.45) is 0 Å². The molecular weight excluding hydrogens is 712 g/mol. The van der Waals surface area contributed by atoms with Gasteiger partial charge in [-0.1, -0.05) is 104 Å². The first-order chi connectivity index (χ1) is 24.8. The Bertz CT molecular complexity index is 2260. The maximum atomic E-state index is 13.0. The molecule has 4 heterocycles. The predicted octanol–water partition coefficient (Wildman–Crippen LogP) is 7.34. The van der Waals surface area contributed by atoms with Crippen LogP contribution in [0.5, 0.6) is 0 Å². The Morgan fingerprint density at radius 1 is 0.588 bits per heavy atom. The number of hydrogen-bond donors (Lipinski definition) is 0. The number of amides is 1. The lowest BCUT2D eigenvalue weighted by molar-refractivity contribution is -0.136. The van der Waals surface area contributed by atoms with Gasteiger partial charge in [0.15, 0.2) is 0 Å². The lowest BCUT2D eigenvalue weighted by atomic mass is 10.0. The summed E-state index contributed by atoms with van der Waals surface area (Å²) >= 11 is 3.39. The van der Waals surface area contributed by atoms with Crippen molar-refractivity contribution in [1.29, 1.82) is 0 Å². The molecule has 0 aliphatic carbocycles. The molecule has 0 unspecified atom stereocenters. The van der Waals surface area contributed by atoms with Gasteiger partial charge in [-0.2, -0.15) is 15.0 Å². The number of benzene rings is 4. The standard InChI is InChI=1S/C28H26N6O3.C10H9BrN2O/c1-18-29-27(31-36-18)23-7-3-20(4-8-23)15-33-11-12-34(26(35)17-33)16-21-5-6-22-9-10-24(14-25(22)13-21)28-30-19(2)37-32-28;1-7-12-10(13-14-7)9-4-2-8(6-11)3-5-9/h3-10,13-14H,11-12,15-17H2,1-2H3;2-5H,6H2,1H3. The van der Waals surface area contributed by atoms with E-state index in [1.54, 1.807) is 20.8 Å². The second-order valence-electron chi connectivity index (χ2n) is 12.4. The van der Waals surface area contributed by atoms with E-state index in [1.165, 1.54) is 5.56 Å². The zero-order valence-corrected chi connectivity index (χ0v) is 30.0. The number of halogens is 1. The number of fused-ring (bicyclic) bond motifs is 1. The molecule has 1 aliphatic rings. The summed E-state index contributed by atoms with van der Waals surface area (Å²) in [6.07, 6.45) is 0. The van der Waals surface area contributed by atoms with Crippen LogP contribution in [0.4, 0.5) is 0 Å². The Balaban J connectivity index is 0.000000243. The van der Waals surface area contributed by atoms with Gasteiger partial charge in [-0.15, -0.1) is 0 Å². The molecular formula is C38H35BrN8O4. The third-order valence-electron chi connectivity index (χ3n) is 8.50. The third-order valence-corrected chi connectivity index (χ3v) is 9.15. The van der Waals surface area contributed by atoms with Gasteiger partial charge in [0.2, 0.25) is 41.1 Å². The number of carbonyl (C=O) groups is 1. The average Bonchev–Trinajstić information content (AvgIpc) is 3.91. The van der Waals surface area contributed by atoms with Crippen LogP contribution < -0.4 is 0 Å². The van der Waals surface area contributed by atoms with Crippen LogP contribution in [0, 0.1) is 20.8 Å². The largest absolute Gasteiger partial charge is 0.339 e. The Kier molecular flexibility index (Phi) is 10.1. The van der Waals surface area contributed by atoms with Crippen LogP contribution in [-0.4, -0.2) is 65.8 Å². The highest BCUT2D eigenvalue weighted by Crippen LogP contribution is 2.25. The van der Waals surface area contributed by atoms with Gasteiger partial charge in [-0.05, 0) is 39.6 Å². The van der Waals surface area contributed by atoms with Gasteiger partial charge >= 0.3 is 0 Å². The number of nitrogens with zero attached hydrogens (tertiary/aromatic N) is 8. The van der Waals surface area contributed by atoms with E-state index in [0.717, 1.165) is 57.0 Å². The molecule has 1 saturated heterocycles. The van der Waals surface area contributed by atoms with Crippen molar-refractivity contribution in [2.45, 2.75) is 39.2 Å². The zero-order chi connectivity index (χ0) is 35.3. The van der Waals surface area contributed by atoms with Crippen molar-refractivity contribution in [3.63, 3.8) is 0 Å². The zero-order valence-electron chi connectivity index (χ0n) is 28.4. The second kappa shape index (κ2) is 15.2. The fraction of sp³-hybridized carbons (Fsp3) is 0.237. The number of alkyl halides is 1. The van der Waals surface area contributed by atoms with E-state index in [9.17, 15) is 4.79 Å². The molecule has 0 radical (unpaired) electrons. The van der Waals surface area contributed by atoms with E-state index >= 15 is 0 Å². The number of piperazine rings is 1. The molecule has 3 aromatic heterocycles. The lowest BCUT2D eigenvalue weighted by Gasteiger charge is -2.34. The minimum absolute atomic E-state index is 0.140. The number of hydrogen-bond acceptors (Lipinski definition) is 11. The van der Waals surface area contributed by atoms with Crippen LogP contribution in [0.25, 0.3) is 44.9 Å². The van der Waals surface area contributed by atoms with Crippen molar-refractivity contribution in [3.05, 3.63) is 119 Å². The molecule has 0 bridgehead atoms. The third kappa shape index (κ3) is 8.27. The van der Waals surface area contributed by atoms with Crippen molar-refractivity contribution < 1.29 is 18.4 Å². The Morgan fingerprint density at radius 3 is 1.63 bits per heavy atom. The molecule has 4 aromatic carbocycles. The summed E-state index contributed by atoms with van der Waals surface area (Å²) in [6, 6.07) is 28.6. The van der Waals surface area contributed by atoms with E-state index in [2.05, 4.69) is 93.7 Å². The number of aryl methyl sites for hydroxylation is 3. The molecule has 7 aromatic rings. The first kappa shape index (κ1) is 33.9. The van der Waals surface area contributed by atoms with Gasteiger partial charge in [0.25, 0.3) is 0 Å². The molecule has 0 saturated carbocycles. The van der Waals surface area contributed by atoms with Crippen molar-refractivity contribution >= 4 is 32.6 Å². The molecule has 13 heteroatoms. The minimum Gasteiger partial charge on any atom is -0.339 e.